The van der Waals surface area contributed by atoms with Gasteiger partial charge in [0, 0.05) is 34.8 Å². The van der Waals surface area contributed by atoms with Crippen molar-refractivity contribution in [3.05, 3.63) is 0 Å². The van der Waals surface area contributed by atoms with Gasteiger partial charge in [-0.15, -0.1) is 0 Å². The van der Waals surface area contributed by atoms with Gasteiger partial charge in [0.05, 0.1) is 6.61 Å². The summed E-state index contributed by atoms with van der Waals surface area (Å²) in [5.41, 5.74) is -2.33. The van der Waals surface area contributed by atoms with Crippen LogP contribution >= 0.6 is 34.8 Å². The number of hydrogen-bond acceptors (Lipinski definition) is 5. The molecule has 1 fully saturated rings. The predicted molar refractivity (Wildman–Crippen MR) is 159 cm³/mol. The second kappa shape index (κ2) is 26.5. The van der Waals surface area contributed by atoms with Crippen molar-refractivity contribution in [1.82, 2.24) is 0 Å². The Morgan fingerprint density at radius 1 is 0.684 bits per heavy atom. The average molecular weight is 604 g/mol. The van der Waals surface area contributed by atoms with Gasteiger partial charge in [-0.1, -0.05) is 111 Å². The molecule has 1 aliphatic rings. The van der Waals surface area contributed by atoms with E-state index >= 15 is 0 Å². The molecule has 0 unspecified atom stereocenters. The zero-order chi connectivity index (χ0) is 29.2. The molecule has 0 aromatic carbocycles. The maximum absolute atomic E-state index is 10.5. The van der Waals surface area contributed by atoms with Gasteiger partial charge in [-0.3, -0.25) is 0 Å². The topological polar surface area (TPSA) is 89.9 Å². The molecule has 0 radical (unpaired) electrons. The summed E-state index contributed by atoms with van der Waals surface area (Å²) in [5.74, 6) is 0.743. The molecule has 1 N–H and O–H groups in total. The zero-order valence-electron chi connectivity index (χ0n) is 24.2. The molecule has 1 saturated carbocycles. The average Bonchev–Trinajstić information content (AvgIpc) is 2.81. The number of unbranched alkanes of at least 4 members (excludes halogenated alkanes) is 13. The van der Waals surface area contributed by atoms with Crippen LogP contribution in [0.15, 0.2) is 0 Å². The second-order valence-electron chi connectivity index (χ2n) is 11.1. The number of carbonyl (C=O) groups is 3. The molecule has 0 aliphatic heterocycles. The van der Waals surface area contributed by atoms with Crippen molar-refractivity contribution < 1.29 is 29.0 Å². The van der Waals surface area contributed by atoms with E-state index in [1.807, 2.05) is 0 Å². The first kappa shape index (κ1) is 39.4. The maximum Gasteiger partial charge on any atom is 0.404 e. The summed E-state index contributed by atoms with van der Waals surface area (Å²) < 4.78 is 9.65. The molecule has 0 spiro atoms. The molecule has 0 amide bonds. The van der Waals surface area contributed by atoms with Crippen molar-refractivity contribution in [3.63, 3.8) is 0 Å². The molecular formula is C29H53Cl3O6. The van der Waals surface area contributed by atoms with Crippen LogP contribution in [0.25, 0.3) is 0 Å². The Morgan fingerprint density at radius 2 is 1.05 bits per heavy atom. The van der Waals surface area contributed by atoms with Crippen LogP contribution in [-0.2, 0) is 9.47 Å². The van der Waals surface area contributed by atoms with Gasteiger partial charge in [-0.25, -0.2) is 14.4 Å². The lowest BCUT2D eigenvalue weighted by molar-refractivity contribution is 0.0586. The predicted octanol–water partition coefficient (Wildman–Crippen LogP) is 11.7. The van der Waals surface area contributed by atoms with Gasteiger partial charge in [0.1, 0.15) is 6.10 Å². The van der Waals surface area contributed by atoms with Crippen molar-refractivity contribution in [2.24, 2.45) is 11.3 Å². The number of halogens is 3. The number of carboxylic acid groups (broad SMARTS) is 1. The van der Waals surface area contributed by atoms with E-state index in [1.165, 1.54) is 77.0 Å². The van der Waals surface area contributed by atoms with E-state index in [4.69, 9.17) is 37.8 Å². The Hall–Kier alpha value is -0.720. The quantitative estimate of drug-likeness (QED) is 0.139. The van der Waals surface area contributed by atoms with Crippen LogP contribution in [0, 0.1) is 11.3 Å². The van der Waals surface area contributed by atoms with Crippen molar-refractivity contribution in [2.45, 2.75) is 149 Å². The van der Waals surface area contributed by atoms with Crippen molar-refractivity contribution >= 4 is 51.1 Å². The molecule has 0 saturated heterocycles. The van der Waals surface area contributed by atoms with E-state index in [0.717, 1.165) is 44.4 Å². The summed E-state index contributed by atoms with van der Waals surface area (Å²) in [6.45, 7) is 9.55. The van der Waals surface area contributed by atoms with Gasteiger partial charge in [0.25, 0.3) is 0 Å². The first-order valence-electron chi connectivity index (χ1n) is 14.5. The van der Waals surface area contributed by atoms with Crippen molar-refractivity contribution in [3.8, 4) is 0 Å². The number of rotatable bonds is 16. The number of carbonyl (C=O) groups excluding carboxylic acids is 2. The Kier molecular flexibility index (Phi) is 27.5. The van der Waals surface area contributed by atoms with Crippen LogP contribution in [0.2, 0.25) is 0 Å². The van der Waals surface area contributed by atoms with E-state index in [1.54, 1.807) is 0 Å². The summed E-state index contributed by atoms with van der Waals surface area (Å²) in [6, 6.07) is 0. The minimum absolute atomic E-state index is 0.0543. The zero-order valence-corrected chi connectivity index (χ0v) is 26.5. The van der Waals surface area contributed by atoms with E-state index in [2.05, 4.69) is 44.0 Å². The summed E-state index contributed by atoms with van der Waals surface area (Å²) in [4.78, 5) is 29.6. The van der Waals surface area contributed by atoms with Crippen LogP contribution < -0.4 is 0 Å². The van der Waals surface area contributed by atoms with Gasteiger partial charge >= 0.3 is 16.3 Å². The molecule has 0 aromatic heterocycles. The van der Waals surface area contributed by atoms with Gasteiger partial charge in [0.15, 0.2) is 0 Å². The minimum Gasteiger partial charge on any atom is -0.469 e. The van der Waals surface area contributed by atoms with Crippen LogP contribution in [-0.4, -0.2) is 34.1 Å². The molecule has 0 atom stereocenters. The Morgan fingerprint density at radius 3 is 1.37 bits per heavy atom. The summed E-state index contributed by atoms with van der Waals surface area (Å²) in [7, 11) is 0. The van der Waals surface area contributed by atoms with E-state index < -0.39 is 16.3 Å². The monoisotopic (exact) mass is 602 g/mol. The fourth-order valence-electron chi connectivity index (χ4n) is 4.63. The number of ether oxygens (including phenoxy) is 2. The summed E-state index contributed by atoms with van der Waals surface area (Å²) in [5, 5.41) is 7.18. The van der Waals surface area contributed by atoms with Crippen LogP contribution in [0.5, 0.6) is 0 Å². The maximum atomic E-state index is 10.5. The van der Waals surface area contributed by atoms with Crippen molar-refractivity contribution in [2.75, 3.05) is 6.61 Å². The standard InChI is InChI=1S/C17H33ClO2.C11H19ClO2.CHClO2/c1-2-3-4-5-6-7-8-9-10-11-12-13-14-15-16-20-17(18)19;1-11(2,3)8-4-6-9(7-5-8)14-10(12)13;2-1(3)4/h2-16H2,1H3;8-9H,4-7H2,1-3H3;(H,3,4). The Bertz CT molecular complexity index is 583. The molecule has 0 aromatic rings. The first-order chi connectivity index (χ1) is 17.9. The highest BCUT2D eigenvalue weighted by Crippen LogP contribution is 2.38. The Balaban J connectivity index is 0. The molecule has 0 heterocycles. The molecule has 6 nitrogen and oxygen atoms in total. The lowest BCUT2D eigenvalue weighted by Crippen LogP contribution is -2.29. The minimum atomic E-state index is -1.36. The normalized spacial score (nSPS) is 16.8. The number of hydrogen-bond donors (Lipinski definition) is 1. The third-order valence-corrected chi connectivity index (χ3v) is 7.07. The molecular weight excluding hydrogens is 551 g/mol. The van der Waals surface area contributed by atoms with Gasteiger partial charge in [-0.2, -0.15) is 0 Å². The highest BCUT2D eigenvalue weighted by molar-refractivity contribution is 6.61. The highest BCUT2D eigenvalue weighted by atomic mass is 35.5. The SMILES string of the molecule is CC(C)(C)C1CCC(OC(=O)Cl)CC1.CCCCCCCCCCCCCCCCOC(=O)Cl.O=C(O)Cl. The largest absolute Gasteiger partial charge is 0.469 e. The highest BCUT2D eigenvalue weighted by Gasteiger charge is 2.30. The van der Waals surface area contributed by atoms with E-state index in [0.29, 0.717) is 12.0 Å². The molecule has 226 valence electrons. The lowest BCUT2D eigenvalue weighted by atomic mass is 9.72. The molecule has 1 rings (SSSR count). The summed E-state index contributed by atoms with van der Waals surface area (Å²) in [6.07, 6.45) is 22.9. The molecule has 9 heteroatoms. The van der Waals surface area contributed by atoms with Crippen molar-refractivity contribution in [1.29, 1.82) is 0 Å². The molecule has 0 bridgehead atoms. The van der Waals surface area contributed by atoms with Crippen LogP contribution in [0.4, 0.5) is 14.4 Å². The van der Waals surface area contributed by atoms with Gasteiger partial charge in [-0.05, 0) is 43.4 Å². The van der Waals surface area contributed by atoms with E-state index in [9.17, 15) is 9.59 Å². The van der Waals surface area contributed by atoms with Crippen LogP contribution in [0.3, 0.4) is 0 Å². The Labute approximate surface area is 246 Å². The lowest BCUT2D eigenvalue weighted by Gasteiger charge is -2.36. The first-order valence-corrected chi connectivity index (χ1v) is 15.6. The third kappa shape index (κ3) is 31.5. The second-order valence-corrected chi connectivity index (χ2v) is 12.1. The third-order valence-electron chi connectivity index (χ3n) is 6.87. The van der Waals surface area contributed by atoms with E-state index in [-0.39, 0.29) is 6.10 Å². The van der Waals surface area contributed by atoms with Gasteiger partial charge < -0.3 is 14.6 Å². The molecule has 1 aliphatic carbocycles. The van der Waals surface area contributed by atoms with Crippen LogP contribution in [0.1, 0.15) is 143 Å². The summed E-state index contributed by atoms with van der Waals surface area (Å²) >= 11 is 14.4. The fraction of sp³-hybridized carbons (Fsp3) is 0.897. The smallest absolute Gasteiger partial charge is 0.404 e. The molecule has 38 heavy (non-hydrogen) atoms. The fourth-order valence-corrected chi connectivity index (χ4v) is 4.83. The van der Waals surface area contributed by atoms with Gasteiger partial charge in [0.2, 0.25) is 0 Å².